The van der Waals surface area contributed by atoms with Crippen LogP contribution in [0.4, 0.5) is 5.69 Å². The summed E-state index contributed by atoms with van der Waals surface area (Å²) in [4.78, 5) is 30.7. The average molecular weight is 415 g/mol. The number of anilines is 1. The lowest BCUT2D eigenvalue weighted by Gasteiger charge is -2.15. The molecule has 0 aliphatic carbocycles. The third-order valence-corrected chi connectivity index (χ3v) is 5.07. The van der Waals surface area contributed by atoms with Crippen LogP contribution in [-0.2, 0) is 6.42 Å². The molecule has 4 rings (SSSR count). The van der Waals surface area contributed by atoms with Crippen molar-refractivity contribution in [2.24, 2.45) is 0 Å². The number of methoxy groups -OCH3 is 1. The maximum absolute atomic E-state index is 13.4. The molecule has 0 fully saturated rings. The zero-order valence-electron chi connectivity index (χ0n) is 17.1. The summed E-state index contributed by atoms with van der Waals surface area (Å²) in [6.07, 6.45) is 2.39. The van der Waals surface area contributed by atoms with E-state index in [2.05, 4.69) is 10.3 Å². The number of fused-ring (bicyclic) bond motifs is 1. The summed E-state index contributed by atoms with van der Waals surface area (Å²) in [5.74, 6) is -0.562. The number of hydrogen-bond donors (Lipinski definition) is 2. The van der Waals surface area contributed by atoms with E-state index in [9.17, 15) is 14.7 Å². The van der Waals surface area contributed by atoms with Gasteiger partial charge in [-0.2, -0.15) is 0 Å². The number of carbonyl (C=O) groups excluding carboxylic acids is 1. The molecule has 0 bridgehead atoms. The van der Waals surface area contributed by atoms with E-state index >= 15 is 0 Å². The van der Waals surface area contributed by atoms with Crippen LogP contribution in [0, 0.1) is 0 Å². The molecule has 0 unspecified atom stereocenters. The molecule has 7 heteroatoms. The largest absolute Gasteiger partial charge is 0.506 e. The van der Waals surface area contributed by atoms with Crippen LogP contribution in [0.5, 0.6) is 11.5 Å². The van der Waals surface area contributed by atoms with Crippen LogP contribution in [0.3, 0.4) is 0 Å². The molecule has 7 nitrogen and oxygen atoms in total. The number of carbonyl (C=O) groups is 1. The van der Waals surface area contributed by atoms with Gasteiger partial charge < -0.3 is 15.2 Å². The first-order valence-electron chi connectivity index (χ1n) is 9.81. The highest BCUT2D eigenvalue weighted by atomic mass is 16.5. The minimum atomic E-state index is -0.700. The Morgan fingerprint density at radius 2 is 1.90 bits per heavy atom. The Bertz CT molecular complexity index is 1330. The number of rotatable bonds is 5. The summed E-state index contributed by atoms with van der Waals surface area (Å²) >= 11 is 0. The molecule has 0 atom stereocenters. The smallest absolute Gasteiger partial charge is 0.273 e. The van der Waals surface area contributed by atoms with Crippen molar-refractivity contribution in [2.75, 3.05) is 12.4 Å². The van der Waals surface area contributed by atoms with Gasteiger partial charge in [-0.15, -0.1) is 0 Å². The molecule has 0 radical (unpaired) electrons. The Hall–Kier alpha value is -4.13. The fourth-order valence-electron chi connectivity index (χ4n) is 3.42. The molecule has 0 aliphatic rings. The first kappa shape index (κ1) is 20.2. The van der Waals surface area contributed by atoms with Gasteiger partial charge in [-0.3, -0.25) is 14.2 Å². The standard InChI is InChI=1S/C24H21N3O4/c1-3-15-9-11-16(12-10-15)26-23(29)20-21(28)19-8-5-13-25-22(19)27(24(20)30)17-6-4-7-18(14-17)31-2/h4-14,28H,3H2,1-2H3,(H,26,29). The van der Waals surface area contributed by atoms with Crippen LogP contribution in [0.15, 0.2) is 71.7 Å². The molecule has 2 N–H and O–H groups in total. The van der Waals surface area contributed by atoms with Gasteiger partial charge >= 0.3 is 0 Å². The number of benzene rings is 2. The van der Waals surface area contributed by atoms with Crippen molar-refractivity contribution >= 4 is 22.6 Å². The average Bonchev–Trinajstić information content (AvgIpc) is 2.80. The molecule has 0 saturated carbocycles. The minimum absolute atomic E-state index is 0.238. The number of aromatic hydroxyl groups is 1. The van der Waals surface area contributed by atoms with Crippen LogP contribution >= 0.6 is 0 Å². The molecular weight excluding hydrogens is 394 g/mol. The normalized spacial score (nSPS) is 10.8. The third kappa shape index (κ3) is 3.73. The van der Waals surface area contributed by atoms with Gasteiger partial charge in [-0.05, 0) is 48.4 Å². The van der Waals surface area contributed by atoms with Crippen molar-refractivity contribution in [3.05, 3.63) is 88.3 Å². The molecular formula is C24H21N3O4. The van der Waals surface area contributed by atoms with Crippen molar-refractivity contribution in [1.82, 2.24) is 9.55 Å². The van der Waals surface area contributed by atoms with E-state index in [4.69, 9.17) is 4.74 Å². The van der Waals surface area contributed by atoms with Crippen LogP contribution in [-0.4, -0.2) is 27.7 Å². The van der Waals surface area contributed by atoms with Gasteiger partial charge in [0, 0.05) is 18.0 Å². The van der Waals surface area contributed by atoms with Gasteiger partial charge in [-0.25, -0.2) is 4.98 Å². The quantitative estimate of drug-likeness (QED) is 0.515. The van der Waals surface area contributed by atoms with Crippen LogP contribution in [0.1, 0.15) is 22.8 Å². The molecule has 0 saturated heterocycles. The molecule has 0 spiro atoms. The Kier molecular flexibility index (Phi) is 5.41. The molecule has 2 heterocycles. The SMILES string of the molecule is CCc1ccc(NC(=O)c2c(O)c3cccnc3n(-c3cccc(OC)c3)c2=O)cc1. The second kappa shape index (κ2) is 8.31. The molecule has 1 amide bonds. The first-order valence-corrected chi connectivity index (χ1v) is 9.81. The number of pyridine rings is 2. The zero-order chi connectivity index (χ0) is 22.0. The maximum atomic E-state index is 13.4. The second-order valence-electron chi connectivity index (χ2n) is 6.94. The van der Waals surface area contributed by atoms with Crippen molar-refractivity contribution in [3.63, 3.8) is 0 Å². The van der Waals surface area contributed by atoms with E-state index < -0.39 is 17.2 Å². The highest BCUT2D eigenvalue weighted by molar-refractivity contribution is 6.09. The fourth-order valence-corrected chi connectivity index (χ4v) is 3.42. The lowest BCUT2D eigenvalue weighted by Crippen LogP contribution is -2.29. The third-order valence-electron chi connectivity index (χ3n) is 5.07. The van der Waals surface area contributed by atoms with E-state index in [0.717, 1.165) is 12.0 Å². The number of ether oxygens (including phenoxy) is 1. The Labute approximate surface area is 178 Å². The van der Waals surface area contributed by atoms with Gasteiger partial charge in [0.15, 0.2) is 5.65 Å². The van der Waals surface area contributed by atoms with Crippen LogP contribution in [0.2, 0.25) is 0 Å². The summed E-state index contributed by atoms with van der Waals surface area (Å²) < 4.78 is 6.56. The first-order chi connectivity index (χ1) is 15.0. The number of aryl methyl sites for hydroxylation is 1. The molecule has 31 heavy (non-hydrogen) atoms. The summed E-state index contributed by atoms with van der Waals surface area (Å²) in [5, 5.41) is 13.8. The van der Waals surface area contributed by atoms with Crippen molar-refractivity contribution in [3.8, 4) is 17.2 Å². The lowest BCUT2D eigenvalue weighted by molar-refractivity contribution is 0.102. The minimum Gasteiger partial charge on any atom is -0.506 e. The predicted octanol–water partition coefficient (Wildman–Crippen LogP) is 3.91. The monoisotopic (exact) mass is 415 g/mol. The van der Waals surface area contributed by atoms with Gasteiger partial charge in [0.1, 0.15) is 17.1 Å². The van der Waals surface area contributed by atoms with Crippen LogP contribution in [0.25, 0.3) is 16.7 Å². The molecule has 4 aromatic rings. The number of hydrogen-bond acceptors (Lipinski definition) is 5. The van der Waals surface area contributed by atoms with E-state index in [1.165, 1.54) is 17.9 Å². The van der Waals surface area contributed by atoms with Gasteiger partial charge in [0.2, 0.25) is 0 Å². The molecule has 0 aliphatic heterocycles. The second-order valence-corrected chi connectivity index (χ2v) is 6.94. The molecule has 2 aromatic carbocycles. The highest BCUT2D eigenvalue weighted by Gasteiger charge is 2.24. The number of aromatic nitrogens is 2. The van der Waals surface area contributed by atoms with Crippen molar-refractivity contribution < 1.29 is 14.6 Å². The van der Waals surface area contributed by atoms with Gasteiger partial charge in [0.25, 0.3) is 11.5 Å². The van der Waals surface area contributed by atoms with Crippen LogP contribution < -0.4 is 15.6 Å². The van der Waals surface area contributed by atoms with Gasteiger partial charge in [-0.1, -0.05) is 25.1 Å². The summed E-state index contributed by atoms with van der Waals surface area (Å²) in [6, 6.07) is 17.4. The topological polar surface area (TPSA) is 93.5 Å². The van der Waals surface area contributed by atoms with E-state index in [0.29, 0.717) is 17.1 Å². The summed E-state index contributed by atoms with van der Waals surface area (Å²) in [6.45, 7) is 2.04. The fraction of sp³-hybridized carbons (Fsp3) is 0.125. The van der Waals surface area contributed by atoms with E-state index in [-0.39, 0.29) is 16.6 Å². The Morgan fingerprint density at radius 3 is 2.61 bits per heavy atom. The lowest BCUT2D eigenvalue weighted by atomic mass is 10.1. The number of amides is 1. The van der Waals surface area contributed by atoms with Crippen molar-refractivity contribution in [1.29, 1.82) is 0 Å². The summed E-state index contributed by atoms with van der Waals surface area (Å²) in [5.41, 5.74) is 1.32. The van der Waals surface area contributed by atoms with E-state index in [1.807, 2.05) is 19.1 Å². The van der Waals surface area contributed by atoms with E-state index in [1.54, 1.807) is 48.5 Å². The number of nitrogens with zero attached hydrogens (tertiary/aromatic N) is 2. The number of nitrogens with one attached hydrogen (secondary N) is 1. The molecule has 156 valence electrons. The Morgan fingerprint density at radius 1 is 1.13 bits per heavy atom. The highest BCUT2D eigenvalue weighted by Crippen LogP contribution is 2.28. The van der Waals surface area contributed by atoms with Gasteiger partial charge in [0.05, 0.1) is 18.2 Å². The molecule has 2 aromatic heterocycles. The predicted molar refractivity (Wildman–Crippen MR) is 119 cm³/mol. The summed E-state index contributed by atoms with van der Waals surface area (Å²) in [7, 11) is 1.53. The maximum Gasteiger partial charge on any atom is 0.273 e. The van der Waals surface area contributed by atoms with Crippen molar-refractivity contribution in [2.45, 2.75) is 13.3 Å². The zero-order valence-corrected chi connectivity index (χ0v) is 17.1. The Balaban J connectivity index is 1.89.